The van der Waals surface area contributed by atoms with E-state index < -0.39 is 28.5 Å². The standard InChI is InChI=1S/C17H26N2O5S/c1-3-14(20)25-10-11(2)15(21)19(9-5-7-13(19)17(23)24)16(22)12-6-4-8-18-12/h11-13,18H,3-10H2,1-2H3/p+1/t11?,12-,13-,19?/m0/s1. The third-order valence-corrected chi connectivity index (χ3v) is 6.43. The van der Waals surface area contributed by atoms with Gasteiger partial charge in [0.1, 0.15) is 6.04 Å². The highest BCUT2D eigenvalue weighted by Gasteiger charge is 2.60. The van der Waals surface area contributed by atoms with Crippen LogP contribution in [0, 0.1) is 5.92 Å². The Bertz CT molecular complexity index is 561. The van der Waals surface area contributed by atoms with Crippen LogP contribution in [0.5, 0.6) is 0 Å². The quantitative estimate of drug-likeness (QED) is 0.676. The van der Waals surface area contributed by atoms with Crippen molar-refractivity contribution in [3.63, 3.8) is 0 Å². The predicted molar refractivity (Wildman–Crippen MR) is 93.7 cm³/mol. The van der Waals surface area contributed by atoms with Gasteiger partial charge in [-0.05, 0) is 26.3 Å². The number of nitrogens with one attached hydrogen (secondary N) is 1. The predicted octanol–water partition coefficient (Wildman–Crippen LogP) is 1.16. The van der Waals surface area contributed by atoms with E-state index in [1.165, 1.54) is 0 Å². The molecular formula is C17H27N2O5S+. The molecular weight excluding hydrogens is 344 g/mol. The topological polar surface area (TPSA) is 101 Å². The lowest BCUT2D eigenvalue weighted by Gasteiger charge is -2.36. The molecule has 0 bridgehead atoms. The minimum Gasteiger partial charge on any atom is -0.477 e. The molecule has 8 heteroatoms. The first-order valence-electron chi connectivity index (χ1n) is 8.93. The zero-order valence-corrected chi connectivity index (χ0v) is 15.6. The first-order chi connectivity index (χ1) is 11.8. The molecule has 2 fully saturated rings. The lowest BCUT2D eigenvalue weighted by atomic mass is 10.0. The number of carboxylic acid groups (broad SMARTS) is 1. The number of quaternary nitrogens is 1. The van der Waals surface area contributed by atoms with Gasteiger partial charge in [0.15, 0.2) is 5.12 Å². The maximum atomic E-state index is 13.2. The van der Waals surface area contributed by atoms with Gasteiger partial charge >= 0.3 is 17.8 Å². The van der Waals surface area contributed by atoms with E-state index in [2.05, 4.69) is 5.32 Å². The Labute approximate surface area is 152 Å². The fraction of sp³-hybridized carbons (Fsp3) is 0.765. The van der Waals surface area contributed by atoms with Gasteiger partial charge in [0.25, 0.3) is 0 Å². The largest absolute Gasteiger partial charge is 0.477 e. The molecule has 2 N–H and O–H groups in total. The van der Waals surface area contributed by atoms with Crippen LogP contribution >= 0.6 is 11.8 Å². The minimum absolute atomic E-state index is 0.00815. The van der Waals surface area contributed by atoms with Crippen molar-refractivity contribution < 1.29 is 28.8 Å². The monoisotopic (exact) mass is 371 g/mol. The summed E-state index contributed by atoms with van der Waals surface area (Å²) in [5.41, 5.74) is 0. The summed E-state index contributed by atoms with van der Waals surface area (Å²) >= 11 is 1.08. The van der Waals surface area contributed by atoms with Gasteiger partial charge in [-0.15, -0.1) is 0 Å². The highest BCUT2D eigenvalue weighted by atomic mass is 32.2. The number of rotatable bonds is 6. The number of amides is 2. The second-order valence-corrected chi connectivity index (χ2v) is 7.93. The van der Waals surface area contributed by atoms with Crippen molar-refractivity contribution in [2.24, 2.45) is 5.92 Å². The summed E-state index contributed by atoms with van der Waals surface area (Å²) in [6.07, 6.45) is 2.73. The number of aliphatic carboxylic acids is 1. The average Bonchev–Trinajstić information content (AvgIpc) is 3.27. The molecule has 4 atom stereocenters. The van der Waals surface area contributed by atoms with Gasteiger partial charge < -0.3 is 10.4 Å². The third-order valence-electron chi connectivity index (χ3n) is 5.16. The molecule has 2 unspecified atom stereocenters. The van der Waals surface area contributed by atoms with E-state index in [9.17, 15) is 24.3 Å². The summed E-state index contributed by atoms with van der Waals surface area (Å²) in [5.74, 6) is -2.04. The number of carbonyl (C=O) groups is 4. The Kier molecular flexibility index (Phi) is 6.76. The summed E-state index contributed by atoms with van der Waals surface area (Å²) in [6.45, 7) is 4.39. The van der Waals surface area contributed by atoms with Crippen molar-refractivity contribution in [1.29, 1.82) is 0 Å². The van der Waals surface area contributed by atoms with Gasteiger partial charge in [0.2, 0.25) is 6.04 Å². The van der Waals surface area contributed by atoms with Crippen LogP contribution in [-0.2, 0) is 19.2 Å². The second-order valence-electron chi connectivity index (χ2n) is 6.85. The molecule has 0 aliphatic carbocycles. The fourth-order valence-corrected chi connectivity index (χ4v) is 4.60. The van der Waals surface area contributed by atoms with E-state index in [0.29, 0.717) is 32.2 Å². The van der Waals surface area contributed by atoms with E-state index >= 15 is 0 Å². The van der Waals surface area contributed by atoms with Crippen LogP contribution in [0.3, 0.4) is 0 Å². The highest BCUT2D eigenvalue weighted by Crippen LogP contribution is 2.33. The van der Waals surface area contributed by atoms with E-state index in [1.807, 2.05) is 0 Å². The number of imide groups is 1. The van der Waals surface area contributed by atoms with Gasteiger partial charge in [0.05, 0.1) is 12.5 Å². The Balaban J connectivity index is 2.27. The molecule has 0 saturated carbocycles. The van der Waals surface area contributed by atoms with E-state index in [1.54, 1.807) is 13.8 Å². The van der Waals surface area contributed by atoms with Crippen LogP contribution in [0.4, 0.5) is 0 Å². The van der Waals surface area contributed by atoms with E-state index in [-0.39, 0.29) is 29.2 Å². The maximum Gasteiger partial charge on any atom is 0.363 e. The Morgan fingerprint density at radius 3 is 2.52 bits per heavy atom. The van der Waals surface area contributed by atoms with Gasteiger partial charge in [-0.3, -0.25) is 4.79 Å². The van der Waals surface area contributed by atoms with Gasteiger partial charge in [0, 0.05) is 25.0 Å². The van der Waals surface area contributed by atoms with Gasteiger partial charge in [-0.2, -0.15) is 4.48 Å². The fourth-order valence-electron chi connectivity index (χ4n) is 3.82. The summed E-state index contributed by atoms with van der Waals surface area (Å²) in [7, 11) is 0. The molecule has 2 aliphatic rings. The van der Waals surface area contributed by atoms with E-state index in [0.717, 1.165) is 18.2 Å². The van der Waals surface area contributed by atoms with Crippen LogP contribution < -0.4 is 5.32 Å². The Morgan fingerprint density at radius 2 is 1.96 bits per heavy atom. The number of thioether (sulfide) groups is 1. The number of hydrogen-bond acceptors (Lipinski definition) is 6. The summed E-state index contributed by atoms with van der Waals surface area (Å²) in [5, 5.41) is 12.7. The first-order valence-corrected chi connectivity index (χ1v) is 9.91. The molecule has 2 heterocycles. The number of likely N-dealkylation sites (tertiary alicyclic amines) is 1. The van der Waals surface area contributed by atoms with E-state index in [4.69, 9.17) is 0 Å². The summed E-state index contributed by atoms with van der Waals surface area (Å²) in [4.78, 5) is 49.7. The molecule has 2 saturated heterocycles. The third kappa shape index (κ3) is 3.96. The zero-order valence-electron chi connectivity index (χ0n) is 14.8. The van der Waals surface area contributed by atoms with Crippen LogP contribution in [-0.4, -0.2) is 63.4 Å². The Hall–Kier alpha value is -1.25. The molecule has 0 aromatic heterocycles. The molecule has 0 aromatic carbocycles. The second kappa shape index (κ2) is 8.42. The van der Waals surface area contributed by atoms with Crippen LogP contribution in [0.25, 0.3) is 0 Å². The van der Waals surface area contributed by atoms with Crippen molar-refractivity contribution in [1.82, 2.24) is 5.32 Å². The van der Waals surface area contributed by atoms with Crippen molar-refractivity contribution in [2.45, 2.75) is 58.0 Å². The van der Waals surface area contributed by atoms with Crippen LogP contribution in [0.2, 0.25) is 0 Å². The smallest absolute Gasteiger partial charge is 0.363 e. The van der Waals surface area contributed by atoms with Crippen LogP contribution in [0.15, 0.2) is 0 Å². The Morgan fingerprint density at radius 1 is 1.24 bits per heavy atom. The van der Waals surface area contributed by atoms with Crippen molar-refractivity contribution in [2.75, 3.05) is 18.8 Å². The van der Waals surface area contributed by atoms with Crippen molar-refractivity contribution in [3.05, 3.63) is 0 Å². The zero-order chi connectivity index (χ0) is 18.6. The molecule has 0 spiro atoms. The molecule has 2 amide bonds. The van der Waals surface area contributed by atoms with Gasteiger partial charge in [-0.1, -0.05) is 18.7 Å². The first kappa shape index (κ1) is 20.1. The molecule has 0 radical (unpaired) electrons. The average molecular weight is 371 g/mol. The number of hydrogen-bond donors (Lipinski definition) is 2. The molecule has 2 rings (SSSR count). The maximum absolute atomic E-state index is 13.2. The van der Waals surface area contributed by atoms with Crippen LogP contribution in [0.1, 0.15) is 46.0 Å². The summed E-state index contributed by atoms with van der Waals surface area (Å²) < 4.78 is -0.602. The molecule has 7 nitrogen and oxygen atoms in total. The lowest BCUT2D eigenvalue weighted by molar-refractivity contribution is -0.785. The normalized spacial score (nSPS) is 30.2. The molecule has 25 heavy (non-hydrogen) atoms. The summed E-state index contributed by atoms with van der Waals surface area (Å²) in [6, 6.07) is -1.47. The highest BCUT2D eigenvalue weighted by molar-refractivity contribution is 8.13. The lowest BCUT2D eigenvalue weighted by Crippen LogP contribution is -2.67. The SMILES string of the molecule is CCC(=O)SCC(C)C(=O)[N+]1(C(=O)[C@@H]2CCCN2)CCC[C@H]1C(=O)O. The number of carbonyl (C=O) groups excluding carboxylic acids is 3. The number of carboxylic acids is 1. The molecule has 2 aliphatic heterocycles. The van der Waals surface area contributed by atoms with Crippen molar-refractivity contribution in [3.8, 4) is 0 Å². The van der Waals surface area contributed by atoms with Gasteiger partial charge in [-0.25, -0.2) is 14.4 Å². The number of nitrogens with zero attached hydrogens (tertiary/aromatic N) is 1. The van der Waals surface area contributed by atoms with Crippen molar-refractivity contribution >= 4 is 34.7 Å². The molecule has 0 aromatic rings. The molecule has 140 valence electrons. The minimum atomic E-state index is -1.10.